The van der Waals surface area contributed by atoms with Gasteiger partial charge in [0.1, 0.15) is 5.82 Å². The lowest BCUT2D eigenvalue weighted by Gasteiger charge is -2.34. The molecule has 1 aromatic heterocycles. The fraction of sp³-hybridized carbons (Fsp3) is 0.667. The van der Waals surface area contributed by atoms with Crippen LogP contribution in [-0.4, -0.2) is 37.3 Å². The predicted molar refractivity (Wildman–Crippen MR) is 83.4 cm³/mol. The number of halogens is 1. The Morgan fingerprint density at radius 2 is 2.35 bits per heavy atom. The molecule has 1 atom stereocenters. The molecule has 0 bridgehead atoms. The summed E-state index contributed by atoms with van der Waals surface area (Å²) in [6.45, 7) is 10.6. The Morgan fingerprint density at radius 1 is 1.55 bits per heavy atom. The van der Waals surface area contributed by atoms with Gasteiger partial charge in [0.2, 0.25) is 0 Å². The summed E-state index contributed by atoms with van der Waals surface area (Å²) in [6.07, 6.45) is 1.91. The van der Waals surface area contributed by atoms with Gasteiger partial charge in [-0.1, -0.05) is 25.4 Å². The number of morpholine rings is 1. The van der Waals surface area contributed by atoms with Crippen molar-refractivity contribution in [2.75, 3.05) is 31.2 Å². The van der Waals surface area contributed by atoms with E-state index in [9.17, 15) is 0 Å². The van der Waals surface area contributed by atoms with Crippen LogP contribution in [-0.2, 0) is 11.3 Å². The van der Waals surface area contributed by atoms with Gasteiger partial charge in [-0.2, -0.15) is 0 Å². The molecule has 0 saturated carbocycles. The summed E-state index contributed by atoms with van der Waals surface area (Å²) in [5.41, 5.74) is 1.13. The van der Waals surface area contributed by atoms with Gasteiger partial charge in [-0.25, -0.2) is 4.98 Å². The molecule has 0 amide bonds. The SMILES string of the molecule is CC(C)CNCc1cnc(N2CCOCC2C)c(Cl)c1. The lowest BCUT2D eigenvalue weighted by atomic mass is 10.2. The van der Waals surface area contributed by atoms with E-state index in [1.54, 1.807) is 0 Å². The van der Waals surface area contributed by atoms with Crippen LogP contribution in [0.15, 0.2) is 12.3 Å². The summed E-state index contributed by atoms with van der Waals surface area (Å²) in [7, 11) is 0. The molecule has 2 heterocycles. The van der Waals surface area contributed by atoms with Crippen LogP contribution in [0, 0.1) is 5.92 Å². The quantitative estimate of drug-likeness (QED) is 0.907. The smallest absolute Gasteiger partial charge is 0.147 e. The van der Waals surface area contributed by atoms with Crippen LogP contribution in [0.25, 0.3) is 0 Å². The molecule has 0 spiro atoms. The molecule has 4 nitrogen and oxygen atoms in total. The largest absolute Gasteiger partial charge is 0.377 e. The third kappa shape index (κ3) is 4.08. The molecule has 0 aromatic carbocycles. The van der Waals surface area contributed by atoms with Gasteiger partial charge in [0, 0.05) is 19.3 Å². The van der Waals surface area contributed by atoms with Crippen LogP contribution in [0.5, 0.6) is 0 Å². The third-order valence-corrected chi connectivity index (χ3v) is 3.68. The van der Waals surface area contributed by atoms with Crippen molar-refractivity contribution in [3.05, 3.63) is 22.8 Å². The highest BCUT2D eigenvalue weighted by Crippen LogP contribution is 2.26. The fourth-order valence-electron chi connectivity index (χ4n) is 2.33. The van der Waals surface area contributed by atoms with Gasteiger partial charge in [-0.05, 0) is 31.0 Å². The highest BCUT2D eigenvalue weighted by atomic mass is 35.5. The Morgan fingerprint density at radius 3 is 3.00 bits per heavy atom. The summed E-state index contributed by atoms with van der Waals surface area (Å²) < 4.78 is 5.45. The number of hydrogen-bond donors (Lipinski definition) is 1. The minimum absolute atomic E-state index is 0.318. The molecule has 1 unspecified atom stereocenters. The average Bonchev–Trinajstić information content (AvgIpc) is 2.40. The van der Waals surface area contributed by atoms with Crippen LogP contribution in [0.1, 0.15) is 26.3 Å². The monoisotopic (exact) mass is 297 g/mol. The van der Waals surface area contributed by atoms with Crippen molar-refractivity contribution >= 4 is 17.4 Å². The molecular formula is C15H24ClN3O. The highest BCUT2D eigenvalue weighted by Gasteiger charge is 2.22. The molecule has 5 heteroatoms. The molecule has 1 saturated heterocycles. The number of ether oxygens (including phenoxy) is 1. The van der Waals surface area contributed by atoms with E-state index in [1.165, 1.54) is 0 Å². The van der Waals surface area contributed by atoms with E-state index in [2.05, 4.69) is 36.0 Å². The molecule has 1 aliphatic heterocycles. The van der Waals surface area contributed by atoms with Gasteiger partial charge in [0.15, 0.2) is 0 Å². The first-order valence-electron chi connectivity index (χ1n) is 7.27. The number of hydrogen-bond acceptors (Lipinski definition) is 4. The summed E-state index contributed by atoms with van der Waals surface area (Å²) >= 11 is 6.40. The fourth-order valence-corrected chi connectivity index (χ4v) is 2.62. The maximum atomic E-state index is 6.40. The molecule has 1 aliphatic rings. The maximum absolute atomic E-state index is 6.40. The number of rotatable bonds is 5. The van der Waals surface area contributed by atoms with E-state index in [1.807, 2.05) is 12.3 Å². The lowest BCUT2D eigenvalue weighted by molar-refractivity contribution is 0.0985. The van der Waals surface area contributed by atoms with Gasteiger partial charge < -0.3 is 15.0 Å². The Bertz CT molecular complexity index is 439. The molecule has 2 rings (SSSR count). The first kappa shape index (κ1) is 15.5. The van der Waals surface area contributed by atoms with E-state index >= 15 is 0 Å². The van der Waals surface area contributed by atoms with Gasteiger partial charge in [-0.3, -0.25) is 0 Å². The van der Waals surface area contributed by atoms with Gasteiger partial charge in [0.25, 0.3) is 0 Å². The van der Waals surface area contributed by atoms with Crippen molar-refractivity contribution in [2.45, 2.75) is 33.4 Å². The lowest BCUT2D eigenvalue weighted by Crippen LogP contribution is -2.44. The zero-order valence-electron chi connectivity index (χ0n) is 12.5. The standard InChI is InChI=1S/C15H24ClN3O/c1-11(2)7-17-8-13-6-14(16)15(18-9-13)19-4-5-20-10-12(19)3/h6,9,11-12,17H,4-5,7-8,10H2,1-3H3. The summed E-state index contributed by atoms with van der Waals surface area (Å²) in [5.74, 6) is 1.52. The molecular weight excluding hydrogens is 274 g/mol. The Labute approximate surface area is 126 Å². The van der Waals surface area contributed by atoms with Crippen molar-refractivity contribution < 1.29 is 4.74 Å². The number of aromatic nitrogens is 1. The third-order valence-electron chi connectivity index (χ3n) is 3.40. The van der Waals surface area contributed by atoms with Crippen LogP contribution in [0.2, 0.25) is 5.02 Å². The van der Waals surface area contributed by atoms with Crippen molar-refractivity contribution in [1.29, 1.82) is 0 Å². The van der Waals surface area contributed by atoms with Gasteiger partial charge >= 0.3 is 0 Å². The molecule has 1 fully saturated rings. The maximum Gasteiger partial charge on any atom is 0.147 e. The second-order valence-corrected chi connectivity index (χ2v) is 6.20. The zero-order valence-corrected chi connectivity index (χ0v) is 13.3. The van der Waals surface area contributed by atoms with E-state index < -0.39 is 0 Å². The number of nitrogens with one attached hydrogen (secondary N) is 1. The topological polar surface area (TPSA) is 37.4 Å². The van der Waals surface area contributed by atoms with Crippen LogP contribution >= 0.6 is 11.6 Å². The van der Waals surface area contributed by atoms with Crippen molar-refractivity contribution in [1.82, 2.24) is 10.3 Å². The van der Waals surface area contributed by atoms with Gasteiger partial charge in [-0.15, -0.1) is 0 Å². The summed E-state index contributed by atoms with van der Waals surface area (Å²) in [6, 6.07) is 2.33. The summed E-state index contributed by atoms with van der Waals surface area (Å²) in [4.78, 5) is 6.77. The minimum atomic E-state index is 0.318. The van der Waals surface area contributed by atoms with E-state index in [0.717, 1.165) is 49.3 Å². The molecule has 1 N–H and O–H groups in total. The molecule has 112 valence electrons. The first-order valence-corrected chi connectivity index (χ1v) is 7.65. The predicted octanol–water partition coefficient (Wildman–Crippen LogP) is 2.71. The molecule has 0 aliphatic carbocycles. The second-order valence-electron chi connectivity index (χ2n) is 5.79. The molecule has 1 aromatic rings. The van der Waals surface area contributed by atoms with Crippen molar-refractivity contribution in [3.63, 3.8) is 0 Å². The average molecular weight is 298 g/mol. The Kier molecular flexibility index (Phi) is 5.64. The number of nitrogens with zero attached hydrogens (tertiary/aromatic N) is 2. The van der Waals surface area contributed by atoms with E-state index in [4.69, 9.17) is 16.3 Å². The van der Waals surface area contributed by atoms with E-state index in [0.29, 0.717) is 12.0 Å². The Balaban J connectivity index is 2.01. The first-order chi connectivity index (χ1) is 9.58. The minimum Gasteiger partial charge on any atom is -0.377 e. The number of anilines is 1. The van der Waals surface area contributed by atoms with Crippen LogP contribution in [0.3, 0.4) is 0 Å². The van der Waals surface area contributed by atoms with Crippen LogP contribution in [0.4, 0.5) is 5.82 Å². The van der Waals surface area contributed by atoms with Gasteiger partial charge in [0.05, 0.1) is 24.3 Å². The molecule has 0 radical (unpaired) electrons. The number of pyridine rings is 1. The summed E-state index contributed by atoms with van der Waals surface area (Å²) in [5, 5.41) is 4.13. The molecule has 20 heavy (non-hydrogen) atoms. The Hall–Kier alpha value is -0.840. The zero-order chi connectivity index (χ0) is 14.5. The van der Waals surface area contributed by atoms with Crippen molar-refractivity contribution in [2.24, 2.45) is 5.92 Å². The second kappa shape index (κ2) is 7.25. The van der Waals surface area contributed by atoms with E-state index in [-0.39, 0.29) is 0 Å². The highest BCUT2D eigenvalue weighted by molar-refractivity contribution is 6.33. The van der Waals surface area contributed by atoms with Crippen molar-refractivity contribution in [3.8, 4) is 0 Å². The normalized spacial score (nSPS) is 19.6. The van der Waals surface area contributed by atoms with Crippen LogP contribution < -0.4 is 10.2 Å².